The molecule has 0 radical (unpaired) electrons. The topological polar surface area (TPSA) is 110 Å². The predicted octanol–water partition coefficient (Wildman–Crippen LogP) is 1.50. The number of nitrogen functional groups attached to an aromatic ring is 1. The van der Waals surface area contributed by atoms with Gasteiger partial charge in [-0.25, -0.2) is 18.2 Å². The molecule has 1 aromatic carbocycles. The number of carboxylic acids is 1. The molecule has 2 rings (SSSR count). The van der Waals surface area contributed by atoms with Gasteiger partial charge in [0.25, 0.3) is 0 Å². The lowest BCUT2D eigenvalue weighted by Crippen LogP contribution is -2.09. The third-order valence-corrected chi connectivity index (χ3v) is 4.47. The number of aromatic carboxylic acids is 1. The number of pyridine rings is 1. The molecule has 0 unspecified atom stereocenters. The van der Waals surface area contributed by atoms with Crippen LogP contribution in [0.25, 0.3) is 0 Å². The number of sulfone groups is 1. The van der Waals surface area contributed by atoms with Crippen molar-refractivity contribution >= 4 is 21.5 Å². The van der Waals surface area contributed by atoms with Gasteiger partial charge in [0.1, 0.15) is 0 Å². The van der Waals surface area contributed by atoms with Gasteiger partial charge in [-0.2, -0.15) is 0 Å². The normalized spacial score (nSPS) is 11.2. The molecule has 0 fully saturated rings. The minimum absolute atomic E-state index is 0.104. The van der Waals surface area contributed by atoms with Crippen LogP contribution in [0.15, 0.2) is 46.3 Å². The van der Waals surface area contributed by atoms with Gasteiger partial charge in [-0.15, -0.1) is 0 Å². The number of aryl methyl sites for hydroxylation is 1. The van der Waals surface area contributed by atoms with Gasteiger partial charge in [0.2, 0.25) is 9.84 Å². The molecule has 20 heavy (non-hydrogen) atoms. The number of aromatic nitrogens is 1. The Kier molecular flexibility index (Phi) is 3.46. The highest BCUT2D eigenvalue weighted by Gasteiger charge is 2.20. The van der Waals surface area contributed by atoms with E-state index in [9.17, 15) is 13.2 Å². The van der Waals surface area contributed by atoms with E-state index in [1.165, 1.54) is 12.1 Å². The molecule has 7 heteroatoms. The molecule has 0 aliphatic carbocycles. The molecule has 0 aliphatic heterocycles. The Morgan fingerprint density at radius 1 is 1.20 bits per heavy atom. The molecule has 0 amide bonds. The van der Waals surface area contributed by atoms with Crippen LogP contribution in [0, 0.1) is 6.92 Å². The average molecular weight is 292 g/mol. The van der Waals surface area contributed by atoms with Crippen molar-refractivity contribution in [1.29, 1.82) is 0 Å². The fourth-order valence-electron chi connectivity index (χ4n) is 1.64. The van der Waals surface area contributed by atoms with Gasteiger partial charge in [-0.05, 0) is 25.1 Å². The quantitative estimate of drug-likeness (QED) is 0.887. The number of rotatable bonds is 3. The van der Waals surface area contributed by atoms with Gasteiger partial charge >= 0.3 is 5.97 Å². The molecule has 6 nitrogen and oxygen atoms in total. The first-order chi connectivity index (χ1) is 9.32. The number of carbonyl (C=O) groups is 1. The van der Waals surface area contributed by atoms with Crippen molar-refractivity contribution in [3.8, 4) is 0 Å². The van der Waals surface area contributed by atoms with E-state index in [0.29, 0.717) is 0 Å². The monoisotopic (exact) mass is 292 g/mol. The molecule has 0 aliphatic rings. The van der Waals surface area contributed by atoms with Crippen LogP contribution in [0.3, 0.4) is 0 Å². The van der Waals surface area contributed by atoms with E-state index in [4.69, 9.17) is 10.8 Å². The Balaban J connectivity index is 2.52. The zero-order valence-corrected chi connectivity index (χ0v) is 11.4. The third kappa shape index (κ3) is 2.48. The standard InChI is InChI=1S/C13H12N2O4S/c1-8-2-4-9(5-3-8)20(18,19)10-6-11(14)12(13(16)17)15-7-10/h2-7H,14H2,1H3,(H,16,17). The fourth-order valence-corrected chi connectivity index (χ4v) is 2.88. The number of anilines is 1. The summed E-state index contributed by atoms with van der Waals surface area (Å²) in [6.45, 7) is 1.84. The van der Waals surface area contributed by atoms with Crippen LogP contribution in [0.2, 0.25) is 0 Å². The van der Waals surface area contributed by atoms with E-state index < -0.39 is 15.8 Å². The minimum atomic E-state index is -3.76. The molecular weight excluding hydrogens is 280 g/mol. The number of nitrogens with zero attached hydrogens (tertiary/aromatic N) is 1. The van der Waals surface area contributed by atoms with E-state index in [1.807, 2.05) is 6.92 Å². The van der Waals surface area contributed by atoms with Crippen molar-refractivity contribution in [3.05, 3.63) is 47.8 Å². The van der Waals surface area contributed by atoms with E-state index >= 15 is 0 Å². The summed E-state index contributed by atoms with van der Waals surface area (Å²) < 4.78 is 24.7. The molecule has 0 spiro atoms. The second-order valence-electron chi connectivity index (χ2n) is 4.23. The van der Waals surface area contributed by atoms with Gasteiger partial charge < -0.3 is 10.8 Å². The summed E-state index contributed by atoms with van der Waals surface area (Å²) in [4.78, 5) is 14.4. The number of hydrogen-bond donors (Lipinski definition) is 2. The van der Waals surface area contributed by atoms with E-state index in [0.717, 1.165) is 17.8 Å². The van der Waals surface area contributed by atoms with Crippen LogP contribution >= 0.6 is 0 Å². The van der Waals surface area contributed by atoms with Crippen molar-refractivity contribution in [2.24, 2.45) is 0 Å². The molecular formula is C13H12N2O4S. The van der Waals surface area contributed by atoms with Gasteiger partial charge in [0.15, 0.2) is 5.69 Å². The Hall–Kier alpha value is -2.41. The summed E-state index contributed by atoms with van der Waals surface area (Å²) in [5.41, 5.74) is 5.89. The summed E-state index contributed by atoms with van der Waals surface area (Å²) in [5.74, 6) is -1.30. The molecule has 1 aromatic heterocycles. The molecule has 2 aromatic rings. The van der Waals surface area contributed by atoms with Crippen molar-refractivity contribution < 1.29 is 18.3 Å². The summed E-state index contributed by atoms with van der Waals surface area (Å²) in [6, 6.07) is 7.41. The van der Waals surface area contributed by atoms with Gasteiger partial charge in [-0.3, -0.25) is 0 Å². The lowest BCUT2D eigenvalue weighted by atomic mass is 10.2. The number of benzene rings is 1. The molecule has 1 heterocycles. The molecule has 0 saturated heterocycles. The van der Waals surface area contributed by atoms with Crippen molar-refractivity contribution in [3.63, 3.8) is 0 Å². The van der Waals surface area contributed by atoms with Crippen LogP contribution in [0.1, 0.15) is 16.1 Å². The van der Waals surface area contributed by atoms with Gasteiger partial charge in [0.05, 0.1) is 15.5 Å². The van der Waals surface area contributed by atoms with Gasteiger partial charge in [0, 0.05) is 6.20 Å². The molecule has 0 saturated carbocycles. The second kappa shape index (κ2) is 4.93. The Labute approximate surface area is 115 Å². The van der Waals surface area contributed by atoms with Crippen LogP contribution in [-0.2, 0) is 9.84 Å². The largest absolute Gasteiger partial charge is 0.476 e. The highest BCUT2D eigenvalue weighted by molar-refractivity contribution is 7.91. The van der Waals surface area contributed by atoms with E-state index in [1.54, 1.807) is 12.1 Å². The zero-order valence-electron chi connectivity index (χ0n) is 10.6. The zero-order chi connectivity index (χ0) is 14.9. The summed E-state index contributed by atoms with van der Waals surface area (Å²) >= 11 is 0. The van der Waals surface area contributed by atoms with Crippen molar-refractivity contribution in [1.82, 2.24) is 4.98 Å². The third-order valence-electron chi connectivity index (χ3n) is 2.74. The minimum Gasteiger partial charge on any atom is -0.476 e. The van der Waals surface area contributed by atoms with Crippen LogP contribution in [0.5, 0.6) is 0 Å². The molecule has 0 atom stereocenters. The van der Waals surface area contributed by atoms with Crippen molar-refractivity contribution in [2.75, 3.05) is 5.73 Å². The molecule has 104 valence electrons. The predicted molar refractivity (Wildman–Crippen MR) is 72.2 cm³/mol. The number of carboxylic acid groups (broad SMARTS) is 1. The first-order valence-electron chi connectivity index (χ1n) is 5.63. The van der Waals surface area contributed by atoms with E-state index in [2.05, 4.69) is 4.98 Å². The average Bonchev–Trinajstić information content (AvgIpc) is 2.38. The number of hydrogen-bond acceptors (Lipinski definition) is 5. The highest BCUT2D eigenvalue weighted by atomic mass is 32.2. The summed E-state index contributed by atoms with van der Waals surface area (Å²) in [7, 11) is -3.76. The SMILES string of the molecule is Cc1ccc(S(=O)(=O)c2cnc(C(=O)O)c(N)c2)cc1. The first kappa shape index (κ1) is 14.0. The maximum absolute atomic E-state index is 12.3. The van der Waals surface area contributed by atoms with E-state index in [-0.39, 0.29) is 21.2 Å². The summed E-state index contributed by atoms with van der Waals surface area (Å²) in [6.07, 6.45) is 0.995. The lowest BCUT2D eigenvalue weighted by molar-refractivity contribution is 0.0691. The Morgan fingerprint density at radius 3 is 2.30 bits per heavy atom. The molecule has 0 bridgehead atoms. The van der Waals surface area contributed by atoms with Crippen LogP contribution in [0.4, 0.5) is 5.69 Å². The number of nitrogens with two attached hydrogens (primary N) is 1. The van der Waals surface area contributed by atoms with Crippen LogP contribution in [-0.4, -0.2) is 24.5 Å². The Bertz CT molecular complexity index is 767. The first-order valence-corrected chi connectivity index (χ1v) is 7.11. The highest BCUT2D eigenvalue weighted by Crippen LogP contribution is 2.23. The smallest absolute Gasteiger partial charge is 0.356 e. The van der Waals surface area contributed by atoms with Gasteiger partial charge in [-0.1, -0.05) is 17.7 Å². The summed E-state index contributed by atoms with van der Waals surface area (Å²) in [5, 5.41) is 8.81. The lowest BCUT2D eigenvalue weighted by Gasteiger charge is -2.07. The fraction of sp³-hybridized carbons (Fsp3) is 0.0769. The van der Waals surface area contributed by atoms with Crippen LogP contribution < -0.4 is 5.73 Å². The maximum atomic E-state index is 12.3. The van der Waals surface area contributed by atoms with Crippen molar-refractivity contribution in [2.45, 2.75) is 16.7 Å². The Morgan fingerprint density at radius 2 is 1.80 bits per heavy atom. The second-order valence-corrected chi connectivity index (χ2v) is 6.18. The maximum Gasteiger partial charge on any atom is 0.356 e. The molecule has 3 N–H and O–H groups in total.